The quantitative estimate of drug-likeness (QED) is 0.912. The molecule has 0 unspecified atom stereocenters. The van der Waals surface area contributed by atoms with Crippen LogP contribution in [-0.2, 0) is 11.3 Å². The van der Waals surface area contributed by atoms with Crippen LogP contribution in [0.2, 0.25) is 0 Å². The number of rotatable bonds is 5. The lowest BCUT2D eigenvalue weighted by atomic mass is 10.1. The largest absolute Gasteiger partial charge is 0.475 e. The van der Waals surface area contributed by atoms with Crippen molar-refractivity contribution in [3.8, 4) is 0 Å². The predicted molar refractivity (Wildman–Crippen MR) is 85.8 cm³/mol. The fourth-order valence-corrected chi connectivity index (χ4v) is 2.74. The fraction of sp³-hybridized carbons (Fsp3) is 0.333. The molecule has 1 aliphatic rings. The molecule has 1 fully saturated rings. The van der Waals surface area contributed by atoms with Crippen molar-refractivity contribution >= 4 is 11.9 Å². The number of furan rings is 1. The molecule has 0 saturated carbocycles. The summed E-state index contributed by atoms with van der Waals surface area (Å²) in [5.74, 6) is -1.61. The molecule has 1 N–H and O–H groups in total. The number of carboxylic acid groups (broad SMARTS) is 1. The summed E-state index contributed by atoms with van der Waals surface area (Å²) in [6.07, 6.45) is 1.64. The van der Waals surface area contributed by atoms with E-state index in [-0.39, 0.29) is 23.5 Å². The predicted octanol–water partition coefficient (Wildman–Crippen LogP) is 2.80. The van der Waals surface area contributed by atoms with Crippen LogP contribution >= 0.6 is 0 Å². The Hall–Kier alpha value is -2.60. The molecule has 2 heterocycles. The minimum Gasteiger partial charge on any atom is -0.475 e. The molecule has 0 bridgehead atoms. The van der Waals surface area contributed by atoms with Gasteiger partial charge < -0.3 is 19.2 Å². The maximum Gasteiger partial charge on any atom is 0.371 e. The Labute approximate surface area is 139 Å². The first-order valence-electron chi connectivity index (χ1n) is 7.91. The molecule has 0 aliphatic carbocycles. The van der Waals surface area contributed by atoms with Crippen molar-refractivity contribution in [3.05, 3.63) is 59.5 Å². The van der Waals surface area contributed by atoms with Crippen molar-refractivity contribution in [2.45, 2.75) is 25.6 Å². The molecular weight excluding hydrogens is 310 g/mol. The smallest absolute Gasteiger partial charge is 0.371 e. The molecule has 6 heteroatoms. The summed E-state index contributed by atoms with van der Waals surface area (Å²) in [6.45, 7) is 1.71. The number of hydrogen-bond donors (Lipinski definition) is 1. The first-order valence-corrected chi connectivity index (χ1v) is 7.91. The van der Waals surface area contributed by atoms with Gasteiger partial charge in [-0.3, -0.25) is 4.79 Å². The zero-order valence-corrected chi connectivity index (χ0v) is 13.2. The molecule has 24 heavy (non-hydrogen) atoms. The van der Waals surface area contributed by atoms with Gasteiger partial charge in [0.15, 0.2) is 5.76 Å². The van der Waals surface area contributed by atoms with E-state index in [4.69, 9.17) is 14.3 Å². The summed E-state index contributed by atoms with van der Waals surface area (Å²) in [5, 5.41) is 8.84. The minimum atomic E-state index is -1.18. The Morgan fingerprint density at radius 3 is 2.38 bits per heavy atom. The van der Waals surface area contributed by atoms with Crippen LogP contribution in [0.1, 0.15) is 39.5 Å². The van der Waals surface area contributed by atoms with Gasteiger partial charge in [0.05, 0.1) is 12.7 Å². The monoisotopic (exact) mass is 329 g/mol. The van der Waals surface area contributed by atoms with E-state index < -0.39 is 5.97 Å². The molecule has 2 aromatic rings. The molecule has 1 aromatic carbocycles. The van der Waals surface area contributed by atoms with Gasteiger partial charge in [-0.2, -0.15) is 0 Å². The van der Waals surface area contributed by atoms with E-state index >= 15 is 0 Å². The number of carbonyl (C=O) groups excluding carboxylic acids is 1. The molecule has 126 valence electrons. The van der Waals surface area contributed by atoms with E-state index in [1.54, 1.807) is 4.90 Å². The van der Waals surface area contributed by atoms with Crippen LogP contribution in [0, 0.1) is 0 Å². The van der Waals surface area contributed by atoms with E-state index in [9.17, 15) is 9.59 Å². The normalized spacial score (nSPS) is 15.4. The standard InChI is InChI=1S/C18H19NO5/c20-17(15-6-7-16(24-15)18(21)22)19-10-8-14(9-11-19)23-12-13-4-2-1-3-5-13/h1-7,14H,8-12H2,(H,21,22). The lowest BCUT2D eigenvalue weighted by molar-refractivity contribution is -0.00106. The van der Waals surface area contributed by atoms with Crippen LogP contribution in [0.5, 0.6) is 0 Å². The molecule has 1 aliphatic heterocycles. The van der Waals surface area contributed by atoms with E-state index in [1.807, 2.05) is 30.3 Å². The maximum absolute atomic E-state index is 12.3. The number of carboxylic acids is 1. The lowest BCUT2D eigenvalue weighted by Gasteiger charge is -2.31. The molecule has 3 rings (SSSR count). The van der Waals surface area contributed by atoms with Crippen molar-refractivity contribution in [1.29, 1.82) is 0 Å². The lowest BCUT2D eigenvalue weighted by Crippen LogP contribution is -2.40. The third-order valence-electron chi connectivity index (χ3n) is 4.09. The van der Waals surface area contributed by atoms with Crippen molar-refractivity contribution in [3.63, 3.8) is 0 Å². The van der Waals surface area contributed by atoms with Crippen LogP contribution in [0.3, 0.4) is 0 Å². The van der Waals surface area contributed by atoms with Gasteiger partial charge in [-0.25, -0.2) is 4.79 Å². The van der Waals surface area contributed by atoms with Crippen LogP contribution in [0.4, 0.5) is 0 Å². The molecule has 1 amide bonds. The Balaban J connectivity index is 1.49. The summed E-state index contributed by atoms with van der Waals surface area (Å²) in [5.41, 5.74) is 1.13. The number of carbonyl (C=O) groups is 2. The second kappa shape index (κ2) is 7.31. The maximum atomic E-state index is 12.3. The highest BCUT2D eigenvalue weighted by Gasteiger charge is 2.26. The number of hydrogen-bond acceptors (Lipinski definition) is 4. The zero-order chi connectivity index (χ0) is 16.9. The van der Waals surface area contributed by atoms with Gasteiger partial charge >= 0.3 is 5.97 Å². The SMILES string of the molecule is O=C(O)c1ccc(C(=O)N2CCC(OCc3ccccc3)CC2)o1. The second-order valence-electron chi connectivity index (χ2n) is 5.76. The van der Waals surface area contributed by atoms with Gasteiger partial charge in [-0.1, -0.05) is 30.3 Å². The molecule has 0 atom stereocenters. The van der Waals surface area contributed by atoms with Gasteiger partial charge in [0.2, 0.25) is 5.76 Å². The molecule has 6 nitrogen and oxygen atoms in total. The van der Waals surface area contributed by atoms with Crippen LogP contribution in [0.25, 0.3) is 0 Å². The van der Waals surface area contributed by atoms with Crippen molar-refractivity contribution < 1.29 is 23.8 Å². The summed E-state index contributed by atoms with van der Waals surface area (Å²) in [6, 6.07) is 12.7. The van der Waals surface area contributed by atoms with Gasteiger partial charge in [0.1, 0.15) is 0 Å². The summed E-state index contributed by atoms with van der Waals surface area (Å²) < 4.78 is 11.0. The molecule has 1 saturated heterocycles. The van der Waals surface area contributed by atoms with E-state index in [2.05, 4.69) is 0 Å². The Bertz CT molecular complexity index is 701. The van der Waals surface area contributed by atoms with Crippen LogP contribution < -0.4 is 0 Å². The summed E-state index contributed by atoms with van der Waals surface area (Å²) in [4.78, 5) is 24.8. The molecule has 0 spiro atoms. The highest BCUT2D eigenvalue weighted by Crippen LogP contribution is 2.19. The number of amides is 1. The van der Waals surface area contributed by atoms with Gasteiger partial charge in [0, 0.05) is 13.1 Å². The average molecular weight is 329 g/mol. The van der Waals surface area contributed by atoms with Gasteiger partial charge in [-0.05, 0) is 30.5 Å². The van der Waals surface area contributed by atoms with Gasteiger partial charge in [0.25, 0.3) is 5.91 Å². The summed E-state index contributed by atoms with van der Waals surface area (Å²) >= 11 is 0. The number of benzene rings is 1. The van der Waals surface area contributed by atoms with Crippen LogP contribution in [0.15, 0.2) is 46.9 Å². The molecular formula is C18H19NO5. The zero-order valence-electron chi connectivity index (χ0n) is 13.2. The van der Waals surface area contributed by atoms with Crippen molar-refractivity contribution in [1.82, 2.24) is 4.90 Å². The Kier molecular flexibility index (Phi) is 4.96. The van der Waals surface area contributed by atoms with Crippen molar-refractivity contribution in [2.24, 2.45) is 0 Å². The second-order valence-corrected chi connectivity index (χ2v) is 5.76. The molecule has 0 radical (unpaired) electrons. The Morgan fingerprint density at radius 2 is 1.75 bits per heavy atom. The number of nitrogens with zero attached hydrogens (tertiary/aromatic N) is 1. The topological polar surface area (TPSA) is 80.0 Å². The fourth-order valence-electron chi connectivity index (χ4n) is 2.74. The number of piperidine rings is 1. The molecule has 1 aromatic heterocycles. The Morgan fingerprint density at radius 1 is 1.08 bits per heavy atom. The third-order valence-corrected chi connectivity index (χ3v) is 4.09. The van der Waals surface area contributed by atoms with E-state index in [0.29, 0.717) is 19.7 Å². The highest BCUT2D eigenvalue weighted by atomic mass is 16.5. The number of aromatic carboxylic acids is 1. The highest BCUT2D eigenvalue weighted by molar-refractivity contribution is 5.93. The van der Waals surface area contributed by atoms with E-state index in [0.717, 1.165) is 18.4 Å². The third kappa shape index (κ3) is 3.83. The number of likely N-dealkylation sites (tertiary alicyclic amines) is 1. The van der Waals surface area contributed by atoms with E-state index in [1.165, 1.54) is 12.1 Å². The number of ether oxygens (including phenoxy) is 1. The first-order chi connectivity index (χ1) is 11.6. The average Bonchev–Trinajstić information content (AvgIpc) is 3.11. The minimum absolute atomic E-state index is 0.0658. The van der Waals surface area contributed by atoms with Crippen LogP contribution in [-0.4, -0.2) is 41.1 Å². The van der Waals surface area contributed by atoms with Crippen molar-refractivity contribution in [2.75, 3.05) is 13.1 Å². The summed E-state index contributed by atoms with van der Waals surface area (Å²) in [7, 11) is 0. The first kappa shape index (κ1) is 16.3. The van der Waals surface area contributed by atoms with Gasteiger partial charge in [-0.15, -0.1) is 0 Å².